The molecule has 0 saturated carbocycles. The summed E-state index contributed by atoms with van der Waals surface area (Å²) in [5.41, 5.74) is 0.512. The third kappa shape index (κ3) is 2.87. The molecule has 1 amide bonds. The Hall–Kier alpha value is -1.36. The van der Waals surface area contributed by atoms with E-state index in [0.29, 0.717) is 18.5 Å². The van der Waals surface area contributed by atoms with Gasteiger partial charge in [0.05, 0.1) is 5.70 Å². The molecule has 0 aromatic carbocycles. The highest BCUT2D eigenvalue weighted by Gasteiger charge is 2.15. The Morgan fingerprint density at radius 1 is 1.23 bits per heavy atom. The molecule has 0 aromatic heterocycles. The normalized spacial score (nSPS) is 16.2. The fraction of sp³-hybridized carbons (Fsp3) is 0.500. The SMILES string of the molecule is O=C1C=C(CCCCO)N=NC1=O. The Morgan fingerprint density at radius 2 is 2.00 bits per heavy atom. The number of carbonyl (C=O) groups is 2. The molecule has 13 heavy (non-hydrogen) atoms. The van der Waals surface area contributed by atoms with Crippen LogP contribution in [0, 0.1) is 0 Å². The van der Waals surface area contributed by atoms with Crippen LogP contribution < -0.4 is 0 Å². The Kier molecular flexibility index (Phi) is 3.45. The topological polar surface area (TPSA) is 79.1 Å². The molecular formula is C8H10N2O3. The predicted octanol–water partition coefficient (Wildman–Crippen LogP) is 0.594. The monoisotopic (exact) mass is 182 g/mol. The summed E-state index contributed by atoms with van der Waals surface area (Å²) in [6.45, 7) is 0.122. The molecule has 0 unspecified atom stereocenters. The van der Waals surface area contributed by atoms with Gasteiger partial charge in [0.1, 0.15) is 0 Å². The van der Waals surface area contributed by atoms with Gasteiger partial charge in [-0.25, -0.2) is 0 Å². The van der Waals surface area contributed by atoms with Gasteiger partial charge in [-0.05, 0) is 19.3 Å². The van der Waals surface area contributed by atoms with Crippen molar-refractivity contribution in [2.75, 3.05) is 6.61 Å². The molecule has 1 heterocycles. The summed E-state index contributed by atoms with van der Waals surface area (Å²) in [5, 5.41) is 15.2. The van der Waals surface area contributed by atoms with Gasteiger partial charge in [0.2, 0.25) is 5.78 Å². The van der Waals surface area contributed by atoms with Crippen LogP contribution in [0.4, 0.5) is 0 Å². The first-order chi connectivity index (χ1) is 6.24. The van der Waals surface area contributed by atoms with E-state index in [2.05, 4.69) is 10.2 Å². The molecule has 70 valence electrons. The maximum atomic E-state index is 10.8. The van der Waals surface area contributed by atoms with Crippen LogP contribution in [0.5, 0.6) is 0 Å². The van der Waals surface area contributed by atoms with Gasteiger partial charge in [0, 0.05) is 12.7 Å². The van der Waals surface area contributed by atoms with Gasteiger partial charge in [-0.1, -0.05) is 0 Å². The van der Waals surface area contributed by atoms with Gasteiger partial charge in [0.15, 0.2) is 0 Å². The number of carbonyl (C=O) groups excluding carboxylic acids is 2. The van der Waals surface area contributed by atoms with E-state index in [1.807, 2.05) is 0 Å². The van der Waals surface area contributed by atoms with Gasteiger partial charge >= 0.3 is 5.91 Å². The lowest BCUT2D eigenvalue weighted by Crippen LogP contribution is -2.11. The van der Waals surface area contributed by atoms with E-state index >= 15 is 0 Å². The number of unbranched alkanes of at least 4 members (excludes halogenated alkanes) is 1. The van der Waals surface area contributed by atoms with Crippen molar-refractivity contribution in [3.05, 3.63) is 11.8 Å². The summed E-state index contributed by atoms with van der Waals surface area (Å²) >= 11 is 0. The van der Waals surface area contributed by atoms with Crippen LogP contribution in [0.2, 0.25) is 0 Å². The quantitative estimate of drug-likeness (QED) is 0.510. The number of allylic oxidation sites excluding steroid dienone is 1. The average Bonchev–Trinajstić information content (AvgIpc) is 2.12. The van der Waals surface area contributed by atoms with Gasteiger partial charge < -0.3 is 5.11 Å². The van der Waals surface area contributed by atoms with E-state index in [4.69, 9.17) is 5.11 Å². The Bertz CT molecular complexity index is 281. The number of hydrogen-bond acceptors (Lipinski definition) is 4. The van der Waals surface area contributed by atoms with E-state index < -0.39 is 11.7 Å². The molecule has 0 spiro atoms. The van der Waals surface area contributed by atoms with Gasteiger partial charge in [0.25, 0.3) is 0 Å². The predicted molar refractivity (Wildman–Crippen MR) is 43.9 cm³/mol. The highest BCUT2D eigenvalue weighted by atomic mass is 16.3. The lowest BCUT2D eigenvalue weighted by Gasteiger charge is -2.01. The first kappa shape index (κ1) is 9.73. The van der Waals surface area contributed by atoms with Crippen molar-refractivity contribution in [3.8, 4) is 0 Å². The van der Waals surface area contributed by atoms with Crippen molar-refractivity contribution in [2.24, 2.45) is 10.2 Å². The van der Waals surface area contributed by atoms with Crippen LogP contribution in [0.25, 0.3) is 0 Å². The minimum Gasteiger partial charge on any atom is -0.396 e. The number of nitrogens with zero attached hydrogens (tertiary/aromatic N) is 2. The van der Waals surface area contributed by atoms with Crippen LogP contribution in [-0.4, -0.2) is 23.4 Å². The number of aliphatic hydroxyl groups excluding tert-OH is 1. The van der Waals surface area contributed by atoms with E-state index in [-0.39, 0.29) is 6.61 Å². The summed E-state index contributed by atoms with van der Waals surface area (Å²) in [6.07, 6.45) is 3.17. The molecule has 1 N–H and O–H groups in total. The van der Waals surface area contributed by atoms with Crippen LogP contribution in [0.1, 0.15) is 19.3 Å². The number of amides is 1. The largest absolute Gasteiger partial charge is 0.396 e. The fourth-order valence-electron chi connectivity index (χ4n) is 0.941. The molecule has 5 nitrogen and oxygen atoms in total. The van der Waals surface area contributed by atoms with Crippen molar-refractivity contribution in [2.45, 2.75) is 19.3 Å². The average molecular weight is 182 g/mol. The summed E-state index contributed by atoms with van der Waals surface area (Å²) in [5.74, 6) is -1.43. The van der Waals surface area contributed by atoms with Crippen molar-refractivity contribution in [3.63, 3.8) is 0 Å². The minimum absolute atomic E-state index is 0.122. The maximum absolute atomic E-state index is 10.8. The molecule has 0 aromatic rings. The standard InChI is InChI=1S/C8H10N2O3/c11-4-2-1-3-6-5-7(12)8(13)10-9-6/h5,11H,1-4H2. The number of ketones is 1. The lowest BCUT2D eigenvalue weighted by atomic mass is 10.1. The highest BCUT2D eigenvalue weighted by Crippen LogP contribution is 2.12. The van der Waals surface area contributed by atoms with Gasteiger partial charge in [-0.3, -0.25) is 9.59 Å². The van der Waals surface area contributed by atoms with Gasteiger partial charge in [-0.15, -0.1) is 5.11 Å². The Morgan fingerprint density at radius 3 is 2.62 bits per heavy atom. The van der Waals surface area contributed by atoms with E-state index in [1.54, 1.807) is 0 Å². The smallest absolute Gasteiger partial charge is 0.335 e. The second kappa shape index (κ2) is 4.61. The third-order valence-electron chi connectivity index (χ3n) is 1.62. The summed E-state index contributed by atoms with van der Waals surface area (Å²) < 4.78 is 0. The molecule has 1 aliphatic heterocycles. The third-order valence-corrected chi connectivity index (χ3v) is 1.62. The minimum atomic E-state index is -0.814. The molecule has 0 fully saturated rings. The maximum Gasteiger partial charge on any atom is 0.335 e. The van der Waals surface area contributed by atoms with Crippen LogP contribution >= 0.6 is 0 Å². The Labute approximate surface area is 75.2 Å². The highest BCUT2D eigenvalue weighted by molar-refractivity contribution is 6.41. The first-order valence-electron chi connectivity index (χ1n) is 4.05. The molecule has 0 atom stereocenters. The fourth-order valence-corrected chi connectivity index (χ4v) is 0.941. The first-order valence-corrected chi connectivity index (χ1v) is 4.05. The zero-order valence-electron chi connectivity index (χ0n) is 7.06. The number of azo groups is 1. The molecule has 0 saturated heterocycles. The second-order valence-electron chi connectivity index (χ2n) is 2.69. The Balaban J connectivity index is 2.44. The zero-order chi connectivity index (χ0) is 9.68. The second-order valence-corrected chi connectivity index (χ2v) is 2.69. The van der Waals surface area contributed by atoms with E-state index in [0.717, 1.165) is 6.42 Å². The van der Waals surface area contributed by atoms with Gasteiger partial charge in [-0.2, -0.15) is 5.11 Å². The van der Waals surface area contributed by atoms with Crippen LogP contribution in [0.3, 0.4) is 0 Å². The number of aliphatic hydroxyl groups is 1. The summed E-state index contributed by atoms with van der Waals surface area (Å²) in [7, 11) is 0. The summed E-state index contributed by atoms with van der Waals surface area (Å²) in [6, 6.07) is 0. The number of rotatable bonds is 4. The van der Waals surface area contributed by atoms with Crippen molar-refractivity contribution >= 4 is 11.7 Å². The summed E-state index contributed by atoms with van der Waals surface area (Å²) in [4.78, 5) is 21.4. The van der Waals surface area contributed by atoms with Crippen molar-refractivity contribution < 1.29 is 14.7 Å². The lowest BCUT2D eigenvalue weighted by molar-refractivity contribution is -0.133. The molecule has 1 rings (SSSR count). The van der Waals surface area contributed by atoms with E-state index in [9.17, 15) is 9.59 Å². The van der Waals surface area contributed by atoms with Crippen LogP contribution in [-0.2, 0) is 9.59 Å². The van der Waals surface area contributed by atoms with E-state index in [1.165, 1.54) is 6.08 Å². The zero-order valence-corrected chi connectivity index (χ0v) is 7.06. The molecule has 5 heteroatoms. The van der Waals surface area contributed by atoms with Crippen molar-refractivity contribution in [1.29, 1.82) is 0 Å². The van der Waals surface area contributed by atoms with Crippen molar-refractivity contribution in [1.82, 2.24) is 0 Å². The molecule has 0 radical (unpaired) electrons. The van der Waals surface area contributed by atoms with Crippen LogP contribution in [0.15, 0.2) is 22.0 Å². The molecule has 0 bridgehead atoms. The molecule has 1 aliphatic rings. The molecule has 0 aliphatic carbocycles. The number of hydrogen-bond donors (Lipinski definition) is 1. The molecular weight excluding hydrogens is 172 g/mol.